The van der Waals surface area contributed by atoms with E-state index < -0.39 is 0 Å². The number of nitrogen functional groups attached to an aromatic ring is 1. The van der Waals surface area contributed by atoms with Gasteiger partial charge in [-0.25, -0.2) is 0 Å². The van der Waals surface area contributed by atoms with Crippen LogP contribution < -0.4 is 5.73 Å². The third kappa shape index (κ3) is 2.43. The van der Waals surface area contributed by atoms with E-state index in [0.717, 1.165) is 12.8 Å². The monoisotopic (exact) mass is 279 g/mol. The number of nitrogens with two attached hydrogens (primary N) is 1. The zero-order valence-corrected chi connectivity index (χ0v) is 11.2. The predicted molar refractivity (Wildman–Crippen MR) is 71.6 cm³/mol. The van der Waals surface area contributed by atoms with Crippen molar-refractivity contribution in [2.75, 3.05) is 12.8 Å². The Bertz CT molecular complexity index is 595. The number of aromatic nitrogens is 2. The third-order valence-corrected chi connectivity index (χ3v) is 3.55. The highest BCUT2D eigenvalue weighted by molar-refractivity contribution is 6.33. The first-order valence-electron chi connectivity index (χ1n) is 6.11. The number of hydrogen-bond acceptors (Lipinski definition) is 5. The zero-order chi connectivity index (χ0) is 13.4. The van der Waals surface area contributed by atoms with Crippen LogP contribution in [0.25, 0.3) is 11.5 Å². The molecule has 1 aromatic heterocycles. The summed E-state index contributed by atoms with van der Waals surface area (Å²) in [6.07, 6.45) is 2.18. The van der Waals surface area contributed by atoms with Crippen molar-refractivity contribution >= 4 is 17.3 Å². The molecule has 1 saturated carbocycles. The van der Waals surface area contributed by atoms with Crippen molar-refractivity contribution in [2.24, 2.45) is 5.92 Å². The Labute approximate surface area is 115 Å². The van der Waals surface area contributed by atoms with Gasteiger partial charge in [0.25, 0.3) is 5.89 Å². The van der Waals surface area contributed by atoms with Gasteiger partial charge in [0.1, 0.15) is 6.10 Å². The van der Waals surface area contributed by atoms with Crippen LogP contribution >= 0.6 is 11.6 Å². The van der Waals surface area contributed by atoms with Gasteiger partial charge in [-0.15, -0.1) is 0 Å². The summed E-state index contributed by atoms with van der Waals surface area (Å²) in [5, 5.41) is 4.52. The van der Waals surface area contributed by atoms with Crippen molar-refractivity contribution in [2.45, 2.75) is 18.9 Å². The first-order valence-corrected chi connectivity index (χ1v) is 6.48. The molecule has 2 N–H and O–H groups in total. The number of methoxy groups -OCH3 is 1. The summed E-state index contributed by atoms with van der Waals surface area (Å²) in [4.78, 5) is 4.37. The molecule has 1 heterocycles. The number of ether oxygens (including phenoxy) is 1. The number of halogens is 1. The van der Waals surface area contributed by atoms with E-state index in [-0.39, 0.29) is 6.10 Å². The van der Waals surface area contributed by atoms with Gasteiger partial charge < -0.3 is 15.0 Å². The summed E-state index contributed by atoms with van der Waals surface area (Å²) in [7, 11) is 1.66. The zero-order valence-electron chi connectivity index (χ0n) is 10.5. The summed E-state index contributed by atoms with van der Waals surface area (Å²) < 4.78 is 10.7. The maximum atomic E-state index is 6.11. The van der Waals surface area contributed by atoms with Gasteiger partial charge >= 0.3 is 0 Å². The number of hydrogen-bond donors (Lipinski definition) is 1. The van der Waals surface area contributed by atoms with Crippen LogP contribution in [-0.2, 0) is 4.74 Å². The van der Waals surface area contributed by atoms with Crippen molar-refractivity contribution in [3.8, 4) is 11.5 Å². The standard InChI is InChI=1S/C13H14ClN3O2/c1-18-11(7-2-3-7)12-16-13(19-17-12)9-6-8(15)4-5-10(9)14/h4-7,11H,2-3,15H2,1H3. The summed E-state index contributed by atoms with van der Waals surface area (Å²) in [6, 6.07) is 5.16. The van der Waals surface area contributed by atoms with E-state index in [0.29, 0.717) is 33.9 Å². The topological polar surface area (TPSA) is 74.2 Å². The molecule has 0 amide bonds. The van der Waals surface area contributed by atoms with Gasteiger partial charge in [0, 0.05) is 12.8 Å². The van der Waals surface area contributed by atoms with Crippen molar-refractivity contribution in [3.05, 3.63) is 29.0 Å². The Morgan fingerprint density at radius 2 is 2.26 bits per heavy atom. The largest absolute Gasteiger partial charge is 0.399 e. The molecule has 0 saturated heterocycles. The number of nitrogens with zero attached hydrogens (tertiary/aromatic N) is 2. The lowest BCUT2D eigenvalue weighted by molar-refractivity contribution is 0.0751. The number of rotatable bonds is 4. The van der Waals surface area contributed by atoms with E-state index in [1.54, 1.807) is 25.3 Å². The normalized spacial score (nSPS) is 16.5. The van der Waals surface area contributed by atoms with Gasteiger partial charge in [-0.2, -0.15) is 4.98 Å². The first kappa shape index (κ1) is 12.4. The van der Waals surface area contributed by atoms with Gasteiger partial charge in [-0.05, 0) is 37.0 Å². The number of anilines is 1. The third-order valence-electron chi connectivity index (χ3n) is 3.22. The van der Waals surface area contributed by atoms with Crippen molar-refractivity contribution in [3.63, 3.8) is 0 Å². The van der Waals surface area contributed by atoms with Crippen LogP contribution in [0.2, 0.25) is 5.02 Å². The van der Waals surface area contributed by atoms with E-state index >= 15 is 0 Å². The molecule has 0 spiro atoms. The minimum atomic E-state index is -0.0997. The Hall–Kier alpha value is -1.59. The van der Waals surface area contributed by atoms with Gasteiger partial charge in [-0.3, -0.25) is 0 Å². The van der Waals surface area contributed by atoms with E-state index in [1.165, 1.54) is 0 Å². The summed E-state index contributed by atoms with van der Waals surface area (Å²) >= 11 is 6.11. The summed E-state index contributed by atoms with van der Waals surface area (Å²) in [5.41, 5.74) is 6.99. The Balaban J connectivity index is 1.94. The molecule has 1 fully saturated rings. The molecular formula is C13H14ClN3O2. The Morgan fingerprint density at radius 1 is 1.47 bits per heavy atom. The molecule has 0 radical (unpaired) electrons. The molecule has 100 valence electrons. The predicted octanol–water partition coefficient (Wildman–Crippen LogP) is 3.07. The minimum Gasteiger partial charge on any atom is -0.399 e. The van der Waals surface area contributed by atoms with Crippen LogP contribution in [0.1, 0.15) is 24.8 Å². The van der Waals surface area contributed by atoms with Crippen molar-refractivity contribution in [1.82, 2.24) is 10.1 Å². The molecule has 1 unspecified atom stereocenters. The molecule has 0 aliphatic heterocycles. The Morgan fingerprint density at radius 3 is 2.95 bits per heavy atom. The SMILES string of the molecule is COC(c1noc(-c2cc(N)ccc2Cl)n1)C1CC1. The maximum absolute atomic E-state index is 6.11. The van der Waals surface area contributed by atoms with E-state index in [4.69, 9.17) is 26.6 Å². The highest BCUT2D eigenvalue weighted by Crippen LogP contribution is 2.42. The molecule has 19 heavy (non-hydrogen) atoms. The molecule has 0 bridgehead atoms. The molecule has 6 heteroatoms. The van der Waals surface area contributed by atoms with Crippen LogP contribution in [0.15, 0.2) is 22.7 Å². The molecule has 5 nitrogen and oxygen atoms in total. The fraction of sp³-hybridized carbons (Fsp3) is 0.385. The fourth-order valence-electron chi connectivity index (χ4n) is 2.07. The number of benzene rings is 1. The van der Waals surface area contributed by atoms with Gasteiger partial charge in [-0.1, -0.05) is 16.8 Å². The second-order valence-electron chi connectivity index (χ2n) is 4.69. The van der Waals surface area contributed by atoms with Crippen molar-refractivity contribution in [1.29, 1.82) is 0 Å². The first-order chi connectivity index (χ1) is 9.19. The van der Waals surface area contributed by atoms with Gasteiger partial charge in [0.2, 0.25) is 5.82 Å². The van der Waals surface area contributed by atoms with Crippen LogP contribution in [-0.4, -0.2) is 17.3 Å². The fourth-order valence-corrected chi connectivity index (χ4v) is 2.27. The average molecular weight is 280 g/mol. The van der Waals surface area contributed by atoms with E-state index in [9.17, 15) is 0 Å². The quantitative estimate of drug-likeness (QED) is 0.871. The highest BCUT2D eigenvalue weighted by atomic mass is 35.5. The molecular weight excluding hydrogens is 266 g/mol. The van der Waals surface area contributed by atoms with Crippen LogP contribution in [0.5, 0.6) is 0 Å². The average Bonchev–Trinajstić information content (AvgIpc) is 3.11. The lowest BCUT2D eigenvalue weighted by Gasteiger charge is -2.08. The van der Waals surface area contributed by atoms with E-state index in [2.05, 4.69) is 10.1 Å². The Kier molecular flexibility index (Phi) is 3.16. The van der Waals surface area contributed by atoms with Crippen molar-refractivity contribution < 1.29 is 9.26 Å². The lowest BCUT2D eigenvalue weighted by atomic mass is 10.2. The molecule has 1 atom stereocenters. The van der Waals surface area contributed by atoms with Crippen LogP contribution in [0.3, 0.4) is 0 Å². The second kappa shape index (κ2) is 4.83. The van der Waals surface area contributed by atoms with Gasteiger partial charge in [0.05, 0.1) is 10.6 Å². The maximum Gasteiger partial charge on any atom is 0.259 e. The minimum absolute atomic E-state index is 0.0997. The summed E-state index contributed by atoms with van der Waals surface area (Å²) in [6.45, 7) is 0. The summed E-state index contributed by atoms with van der Waals surface area (Å²) in [5.74, 6) is 1.43. The lowest BCUT2D eigenvalue weighted by Crippen LogP contribution is -2.05. The molecule has 1 aliphatic rings. The van der Waals surface area contributed by atoms with Crippen LogP contribution in [0, 0.1) is 5.92 Å². The molecule has 3 rings (SSSR count). The molecule has 1 aliphatic carbocycles. The van der Waals surface area contributed by atoms with Crippen LogP contribution in [0.4, 0.5) is 5.69 Å². The van der Waals surface area contributed by atoms with E-state index in [1.807, 2.05) is 0 Å². The molecule has 1 aromatic carbocycles. The second-order valence-corrected chi connectivity index (χ2v) is 5.10. The van der Waals surface area contributed by atoms with Gasteiger partial charge in [0.15, 0.2) is 0 Å². The molecule has 2 aromatic rings. The smallest absolute Gasteiger partial charge is 0.259 e. The highest BCUT2D eigenvalue weighted by Gasteiger charge is 2.35.